The molecule has 1 amide bonds. The number of rotatable bonds is 4. The van der Waals surface area contributed by atoms with E-state index in [9.17, 15) is 9.59 Å². The van der Waals surface area contributed by atoms with Crippen molar-refractivity contribution in [3.8, 4) is 0 Å². The van der Waals surface area contributed by atoms with Crippen LogP contribution in [0, 0.1) is 6.92 Å². The highest BCUT2D eigenvalue weighted by Crippen LogP contribution is 2.34. The van der Waals surface area contributed by atoms with Crippen LogP contribution in [0.1, 0.15) is 24.0 Å². The van der Waals surface area contributed by atoms with Crippen LogP contribution in [0.2, 0.25) is 10.0 Å². The molecule has 3 heterocycles. The van der Waals surface area contributed by atoms with Gasteiger partial charge in [0.15, 0.2) is 0 Å². The number of hydrogen-bond acceptors (Lipinski definition) is 5. The molecule has 9 heteroatoms. The molecule has 4 rings (SSSR count). The van der Waals surface area contributed by atoms with E-state index in [1.165, 1.54) is 15.9 Å². The molecule has 1 saturated heterocycles. The van der Waals surface area contributed by atoms with Crippen molar-refractivity contribution in [1.29, 1.82) is 0 Å². The molecular formula is C19H18Cl2N4O2S. The average molecular weight is 437 g/mol. The van der Waals surface area contributed by atoms with E-state index in [1.807, 2.05) is 35.2 Å². The van der Waals surface area contributed by atoms with Gasteiger partial charge < -0.3 is 10.2 Å². The highest BCUT2D eigenvalue weighted by atomic mass is 35.5. The molecule has 1 N–H and O–H groups in total. The number of carbonyl (C=O) groups is 1. The summed E-state index contributed by atoms with van der Waals surface area (Å²) in [5.41, 5.74) is 1.19. The molecule has 2 aromatic heterocycles. The molecule has 1 fully saturated rings. The van der Waals surface area contributed by atoms with Crippen molar-refractivity contribution in [3.63, 3.8) is 0 Å². The fourth-order valence-corrected chi connectivity index (χ4v) is 4.95. The molecule has 1 aliphatic heterocycles. The van der Waals surface area contributed by atoms with Crippen molar-refractivity contribution >= 4 is 50.4 Å². The largest absolute Gasteiger partial charge is 0.350 e. The van der Waals surface area contributed by atoms with Crippen LogP contribution in [0.3, 0.4) is 0 Å². The Kier molecular flexibility index (Phi) is 5.31. The summed E-state index contributed by atoms with van der Waals surface area (Å²) in [5.74, 6) is -0.0479. The van der Waals surface area contributed by atoms with Gasteiger partial charge in [-0.1, -0.05) is 64.9 Å². The summed E-state index contributed by atoms with van der Waals surface area (Å²) in [4.78, 5) is 27.7. The Labute approximate surface area is 175 Å². The number of nitrogens with zero attached hydrogens (tertiary/aromatic N) is 3. The number of pyridine rings is 1. The molecule has 1 atom stereocenters. The second-order valence-corrected chi connectivity index (χ2v) is 8.43. The molecule has 0 spiro atoms. The number of aromatic nitrogens is 2. The third-order valence-corrected chi connectivity index (χ3v) is 6.99. The summed E-state index contributed by atoms with van der Waals surface area (Å²) in [6.07, 6.45) is 1.61. The van der Waals surface area contributed by atoms with Gasteiger partial charge in [-0.05, 0) is 30.9 Å². The fraction of sp³-hybridized carbons (Fsp3) is 0.316. The molecule has 28 heavy (non-hydrogen) atoms. The van der Waals surface area contributed by atoms with Crippen LogP contribution in [0.4, 0.5) is 5.13 Å². The van der Waals surface area contributed by atoms with Crippen LogP contribution in [-0.2, 0) is 11.3 Å². The zero-order valence-electron chi connectivity index (χ0n) is 15.1. The smallest absolute Gasteiger partial charge is 0.291 e. The van der Waals surface area contributed by atoms with Gasteiger partial charge in [0, 0.05) is 13.1 Å². The molecule has 1 unspecified atom stereocenters. The van der Waals surface area contributed by atoms with E-state index in [-0.39, 0.29) is 17.0 Å². The molecule has 1 aromatic carbocycles. The Morgan fingerprint density at radius 1 is 1.29 bits per heavy atom. The third kappa shape index (κ3) is 3.38. The van der Waals surface area contributed by atoms with Gasteiger partial charge in [-0.2, -0.15) is 4.52 Å². The van der Waals surface area contributed by atoms with Gasteiger partial charge in [0.05, 0.1) is 5.02 Å². The summed E-state index contributed by atoms with van der Waals surface area (Å²) in [5, 5.41) is 8.48. The quantitative estimate of drug-likeness (QED) is 0.677. The van der Waals surface area contributed by atoms with Crippen LogP contribution in [-0.4, -0.2) is 28.1 Å². The van der Waals surface area contributed by atoms with Crippen LogP contribution in [0.5, 0.6) is 0 Å². The normalized spacial score (nSPS) is 16.7. The molecule has 0 saturated carbocycles. The second-order valence-electron chi connectivity index (χ2n) is 6.71. The van der Waals surface area contributed by atoms with E-state index in [1.54, 1.807) is 6.92 Å². The number of benzene rings is 1. The lowest BCUT2D eigenvalue weighted by Crippen LogP contribution is -2.43. The third-order valence-electron chi connectivity index (χ3n) is 4.90. The molecule has 6 nitrogen and oxygen atoms in total. The van der Waals surface area contributed by atoms with Crippen molar-refractivity contribution in [2.24, 2.45) is 0 Å². The zero-order chi connectivity index (χ0) is 19.8. The van der Waals surface area contributed by atoms with Gasteiger partial charge in [-0.15, -0.1) is 5.10 Å². The van der Waals surface area contributed by atoms with Crippen LogP contribution >= 0.6 is 34.5 Å². The first-order valence-electron chi connectivity index (χ1n) is 8.93. The van der Waals surface area contributed by atoms with Gasteiger partial charge in [0.1, 0.15) is 15.9 Å². The first-order chi connectivity index (χ1) is 13.5. The maximum atomic E-state index is 12.8. The summed E-state index contributed by atoms with van der Waals surface area (Å²) in [7, 11) is 0. The number of amides is 1. The zero-order valence-corrected chi connectivity index (χ0v) is 17.4. The Balaban J connectivity index is 1.60. The molecule has 0 radical (unpaired) electrons. The Morgan fingerprint density at radius 2 is 2.04 bits per heavy atom. The molecular weight excluding hydrogens is 419 g/mol. The van der Waals surface area contributed by atoms with Crippen LogP contribution in [0.15, 0.2) is 35.1 Å². The fourth-order valence-electron chi connectivity index (χ4n) is 3.35. The van der Waals surface area contributed by atoms with Crippen LogP contribution < -0.4 is 15.8 Å². The minimum atomic E-state index is -0.398. The lowest BCUT2D eigenvalue weighted by atomic mass is 10.2. The van der Waals surface area contributed by atoms with Crippen molar-refractivity contribution in [1.82, 2.24) is 14.9 Å². The summed E-state index contributed by atoms with van der Waals surface area (Å²) in [6, 6.07) is 9.45. The van der Waals surface area contributed by atoms with E-state index in [4.69, 9.17) is 23.2 Å². The van der Waals surface area contributed by atoms with Crippen LogP contribution in [0.25, 0.3) is 4.83 Å². The number of anilines is 1. The van der Waals surface area contributed by atoms with Crippen molar-refractivity contribution in [2.75, 3.05) is 11.4 Å². The van der Waals surface area contributed by atoms with Gasteiger partial charge in [0.25, 0.3) is 5.56 Å². The predicted molar refractivity (Wildman–Crippen MR) is 113 cm³/mol. The first-order valence-corrected chi connectivity index (χ1v) is 10.5. The lowest BCUT2D eigenvalue weighted by Gasteiger charge is -2.22. The van der Waals surface area contributed by atoms with Gasteiger partial charge in [-0.25, -0.2) is 0 Å². The lowest BCUT2D eigenvalue weighted by molar-refractivity contribution is -0.122. The minimum Gasteiger partial charge on any atom is -0.350 e. The molecule has 146 valence electrons. The number of hydrogen-bond donors (Lipinski definition) is 1. The van der Waals surface area contributed by atoms with E-state index < -0.39 is 5.56 Å². The van der Waals surface area contributed by atoms with Crippen molar-refractivity contribution < 1.29 is 4.79 Å². The van der Waals surface area contributed by atoms with E-state index in [0.29, 0.717) is 33.6 Å². The molecule has 1 aliphatic rings. The topological polar surface area (TPSA) is 66.7 Å². The highest BCUT2D eigenvalue weighted by molar-refractivity contribution is 7.21. The van der Waals surface area contributed by atoms with Gasteiger partial charge in [0.2, 0.25) is 11.0 Å². The van der Waals surface area contributed by atoms with Crippen molar-refractivity contribution in [2.45, 2.75) is 32.4 Å². The summed E-state index contributed by atoms with van der Waals surface area (Å²) < 4.78 is 1.23. The number of fused-ring (bicyclic) bond motifs is 1. The monoisotopic (exact) mass is 436 g/mol. The Bertz CT molecular complexity index is 1100. The van der Waals surface area contributed by atoms with Gasteiger partial charge in [-0.3, -0.25) is 9.59 Å². The highest BCUT2D eigenvalue weighted by Gasteiger charge is 2.33. The average Bonchev–Trinajstić information content (AvgIpc) is 3.37. The molecule has 0 aliphatic carbocycles. The predicted octanol–water partition coefficient (Wildman–Crippen LogP) is 3.66. The first kappa shape index (κ1) is 19.2. The number of halogens is 2. The van der Waals surface area contributed by atoms with E-state index in [2.05, 4.69) is 10.4 Å². The summed E-state index contributed by atoms with van der Waals surface area (Å²) >= 11 is 13.7. The Morgan fingerprint density at radius 3 is 2.79 bits per heavy atom. The van der Waals surface area contributed by atoms with E-state index in [0.717, 1.165) is 18.4 Å². The summed E-state index contributed by atoms with van der Waals surface area (Å²) in [6.45, 7) is 2.88. The number of nitrogens with one attached hydrogen (secondary N) is 1. The maximum Gasteiger partial charge on any atom is 0.291 e. The van der Waals surface area contributed by atoms with Gasteiger partial charge >= 0.3 is 0 Å². The molecule has 3 aromatic rings. The van der Waals surface area contributed by atoms with E-state index >= 15 is 0 Å². The second kappa shape index (κ2) is 7.73. The molecule has 0 bridgehead atoms. The maximum absolute atomic E-state index is 12.8. The Hall–Kier alpha value is -2.09. The standard InChI is InChI=1S/C19H18Cl2N4O2S/c1-11-14(20)17(27)25-18(15(11)21)28-19(23-25)24-9-5-8-13(24)16(26)22-10-12-6-3-2-4-7-12/h2-4,6-7,13H,5,8-10H2,1H3,(H,22,26). The SMILES string of the molecule is Cc1c(Cl)c(=O)n2nc(N3CCCC3C(=O)NCc3ccccc3)sc2c1Cl. The number of carbonyl (C=O) groups excluding carboxylic acids is 1. The minimum absolute atomic E-state index is 0.0479. The van der Waals surface area contributed by atoms with Crippen molar-refractivity contribution in [3.05, 3.63) is 61.9 Å².